The molecule has 0 heterocycles. The molecule has 0 aliphatic heterocycles. The summed E-state index contributed by atoms with van der Waals surface area (Å²) in [5.41, 5.74) is -0.953. The summed E-state index contributed by atoms with van der Waals surface area (Å²) in [5, 5.41) is 9.62. The zero-order valence-corrected chi connectivity index (χ0v) is 17.8. The number of hydrogen-bond acceptors (Lipinski definition) is 3. The molecule has 3 unspecified atom stereocenters. The molecule has 0 saturated heterocycles. The fourth-order valence-electron chi connectivity index (χ4n) is 7.18. The van der Waals surface area contributed by atoms with Gasteiger partial charge in [-0.25, -0.2) is 0 Å². The minimum absolute atomic E-state index is 0.123. The van der Waals surface area contributed by atoms with E-state index in [1.54, 1.807) is 6.08 Å². The van der Waals surface area contributed by atoms with E-state index >= 15 is 0 Å². The van der Waals surface area contributed by atoms with Crippen LogP contribution in [0.25, 0.3) is 0 Å². The Hall–Kier alpha value is -1.69. The van der Waals surface area contributed by atoms with Crippen molar-refractivity contribution in [2.24, 2.45) is 39.9 Å². The second-order valence-electron chi connectivity index (χ2n) is 10.3. The maximum absolute atomic E-state index is 14.3. The molecule has 1 N–H and O–H groups in total. The summed E-state index contributed by atoms with van der Waals surface area (Å²) in [7, 11) is 0. The van der Waals surface area contributed by atoms with Crippen LogP contribution >= 0.6 is 0 Å². The molecule has 0 amide bonds. The lowest BCUT2D eigenvalue weighted by Gasteiger charge is -2.56. The Balaban J connectivity index is 1.90. The SMILES string of the molecule is C[C@H]1CC2C3C(=CC[C@]2(C)[C@@]1(C)C(=O)CO)[C@@]1(C)C=CC(=O)C=C1CC3C(F)(F)F. The van der Waals surface area contributed by atoms with Crippen LogP contribution in [0.15, 0.2) is 35.5 Å². The fourth-order valence-corrected chi connectivity index (χ4v) is 7.18. The molecule has 164 valence electrons. The number of aliphatic hydroxyl groups is 1. The summed E-state index contributed by atoms with van der Waals surface area (Å²) < 4.78 is 43.0. The van der Waals surface area contributed by atoms with Crippen LogP contribution in [0.4, 0.5) is 13.2 Å². The van der Waals surface area contributed by atoms with Crippen LogP contribution in [0.5, 0.6) is 0 Å². The number of halogens is 3. The molecule has 3 nitrogen and oxygen atoms in total. The highest BCUT2D eigenvalue weighted by atomic mass is 19.4. The topological polar surface area (TPSA) is 54.4 Å². The number of carbonyl (C=O) groups excluding carboxylic acids is 2. The highest BCUT2D eigenvalue weighted by Gasteiger charge is 2.68. The Morgan fingerprint density at radius 3 is 2.53 bits per heavy atom. The number of alkyl halides is 3. The number of rotatable bonds is 2. The lowest BCUT2D eigenvalue weighted by atomic mass is 9.47. The molecular formula is C24H29F3O3. The molecular weight excluding hydrogens is 393 g/mol. The van der Waals surface area contributed by atoms with Gasteiger partial charge in [-0.1, -0.05) is 44.1 Å². The number of Topliss-reactive ketones (excluding diaryl/α,β-unsaturated/α-hetero) is 1. The predicted octanol–water partition coefficient (Wildman–Crippen LogP) is 4.82. The van der Waals surface area contributed by atoms with Gasteiger partial charge in [0.25, 0.3) is 0 Å². The van der Waals surface area contributed by atoms with E-state index in [0.29, 0.717) is 18.4 Å². The van der Waals surface area contributed by atoms with Crippen LogP contribution in [0.3, 0.4) is 0 Å². The van der Waals surface area contributed by atoms with Crippen molar-refractivity contribution in [2.75, 3.05) is 6.61 Å². The van der Waals surface area contributed by atoms with Crippen molar-refractivity contribution >= 4 is 11.6 Å². The van der Waals surface area contributed by atoms with E-state index in [4.69, 9.17) is 0 Å². The third kappa shape index (κ3) is 2.55. The maximum atomic E-state index is 14.3. The van der Waals surface area contributed by atoms with Crippen molar-refractivity contribution in [3.63, 3.8) is 0 Å². The molecule has 4 aliphatic rings. The van der Waals surface area contributed by atoms with Crippen molar-refractivity contribution in [1.82, 2.24) is 0 Å². The maximum Gasteiger partial charge on any atom is 0.392 e. The number of hydrogen-bond donors (Lipinski definition) is 1. The molecule has 0 aromatic carbocycles. The normalized spacial score (nSPS) is 45.3. The monoisotopic (exact) mass is 422 g/mol. The average Bonchev–Trinajstić information content (AvgIpc) is 2.88. The van der Waals surface area contributed by atoms with Crippen LogP contribution < -0.4 is 0 Å². The molecule has 7 atom stereocenters. The van der Waals surface area contributed by atoms with Crippen LogP contribution in [0.1, 0.15) is 47.0 Å². The first kappa shape index (κ1) is 21.5. The van der Waals surface area contributed by atoms with Crippen LogP contribution in [-0.4, -0.2) is 29.5 Å². The summed E-state index contributed by atoms with van der Waals surface area (Å²) in [5.74, 6) is -3.30. The summed E-state index contributed by atoms with van der Waals surface area (Å²) in [4.78, 5) is 24.7. The van der Waals surface area contributed by atoms with E-state index in [0.717, 1.165) is 5.57 Å². The Kier molecular flexibility index (Phi) is 4.60. The van der Waals surface area contributed by atoms with E-state index in [1.807, 2.05) is 33.8 Å². The van der Waals surface area contributed by atoms with Crippen molar-refractivity contribution in [2.45, 2.75) is 53.1 Å². The highest BCUT2D eigenvalue weighted by Crippen LogP contribution is 2.71. The molecule has 30 heavy (non-hydrogen) atoms. The molecule has 0 aromatic heterocycles. The van der Waals surface area contributed by atoms with E-state index in [1.165, 1.54) is 12.2 Å². The van der Waals surface area contributed by atoms with Gasteiger partial charge in [-0.2, -0.15) is 13.2 Å². The number of allylic oxidation sites excluding steroid dienone is 6. The minimum Gasteiger partial charge on any atom is -0.389 e. The van der Waals surface area contributed by atoms with Gasteiger partial charge in [0.1, 0.15) is 6.61 Å². The largest absolute Gasteiger partial charge is 0.392 e. The molecule has 2 saturated carbocycles. The summed E-state index contributed by atoms with van der Waals surface area (Å²) in [6, 6.07) is 0. The number of aliphatic hydroxyl groups excluding tert-OH is 1. The second kappa shape index (κ2) is 6.41. The van der Waals surface area contributed by atoms with Gasteiger partial charge in [-0.15, -0.1) is 0 Å². The highest BCUT2D eigenvalue weighted by molar-refractivity contribution is 6.01. The Bertz CT molecular complexity index is 898. The standard InChI is InChI=1S/C24H29F3O3/c1-13-9-17-20-16(6-8-22(17,3)23(13,4)19(30)12-28)21(2)7-5-15(29)10-14(21)11-18(20)24(25,26)27/h5-7,10,13,17-18,20,28H,8-9,11-12H2,1-4H3/t13-,17?,18?,20?,21-,22-,23+/m0/s1. The number of carbonyl (C=O) groups is 2. The van der Waals surface area contributed by atoms with Gasteiger partial charge in [-0.3, -0.25) is 9.59 Å². The van der Waals surface area contributed by atoms with Crippen molar-refractivity contribution in [1.29, 1.82) is 0 Å². The molecule has 0 aromatic rings. The van der Waals surface area contributed by atoms with Crippen LogP contribution in [0.2, 0.25) is 0 Å². The summed E-state index contributed by atoms with van der Waals surface area (Å²) in [6.45, 7) is 7.00. The number of ketones is 2. The molecule has 0 radical (unpaired) electrons. The molecule has 4 aliphatic carbocycles. The molecule has 2 fully saturated rings. The van der Waals surface area contributed by atoms with Crippen molar-refractivity contribution in [3.8, 4) is 0 Å². The number of fused-ring (bicyclic) bond motifs is 5. The average molecular weight is 422 g/mol. The van der Waals surface area contributed by atoms with E-state index in [2.05, 4.69) is 0 Å². The fraction of sp³-hybridized carbons (Fsp3) is 0.667. The lowest BCUT2D eigenvalue weighted by Crippen LogP contribution is -2.54. The van der Waals surface area contributed by atoms with Gasteiger partial charge in [0.15, 0.2) is 11.6 Å². The first-order valence-electron chi connectivity index (χ1n) is 10.7. The quantitative estimate of drug-likeness (QED) is 0.650. The Morgan fingerprint density at radius 2 is 1.93 bits per heavy atom. The molecule has 0 bridgehead atoms. The van der Waals surface area contributed by atoms with Gasteiger partial charge in [0.05, 0.1) is 5.92 Å². The van der Waals surface area contributed by atoms with E-state index in [9.17, 15) is 27.9 Å². The Labute approximate surface area is 175 Å². The van der Waals surface area contributed by atoms with Crippen molar-refractivity contribution in [3.05, 3.63) is 35.5 Å². The van der Waals surface area contributed by atoms with Gasteiger partial charge < -0.3 is 5.11 Å². The second-order valence-corrected chi connectivity index (χ2v) is 10.3. The lowest BCUT2D eigenvalue weighted by molar-refractivity contribution is -0.200. The summed E-state index contributed by atoms with van der Waals surface area (Å²) in [6.07, 6.45) is 2.92. The first-order valence-corrected chi connectivity index (χ1v) is 10.7. The smallest absolute Gasteiger partial charge is 0.389 e. The van der Waals surface area contributed by atoms with E-state index in [-0.39, 0.29) is 29.8 Å². The van der Waals surface area contributed by atoms with Gasteiger partial charge in [0.2, 0.25) is 0 Å². The third-order valence-electron chi connectivity index (χ3n) is 9.32. The molecule has 0 spiro atoms. The first-order chi connectivity index (χ1) is 13.8. The molecule has 6 heteroatoms. The predicted molar refractivity (Wildman–Crippen MR) is 106 cm³/mol. The van der Waals surface area contributed by atoms with Gasteiger partial charge in [-0.05, 0) is 61.5 Å². The van der Waals surface area contributed by atoms with Gasteiger partial charge in [0, 0.05) is 10.8 Å². The summed E-state index contributed by atoms with van der Waals surface area (Å²) >= 11 is 0. The Morgan fingerprint density at radius 1 is 1.27 bits per heavy atom. The van der Waals surface area contributed by atoms with Gasteiger partial charge >= 0.3 is 6.18 Å². The van der Waals surface area contributed by atoms with Crippen LogP contribution in [0, 0.1) is 39.9 Å². The molecule has 4 rings (SSSR count). The zero-order valence-electron chi connectivity index (χ0n) is 17.8. The van der Waals surface area contributed by atoms with Crippen LogP contribution in [-0.2, 0) is 9.59 Å². The van der Waals surface area contributed by atoms with E-state index < -0.39 is 40.9 Å². The third-order valence-corrected chi connectivity index (χ3v) is 9.32. The minimum atomic E-state index is -4.41. The zero-order chi connectivity index (χ0) is 22.3. The van der Waals surface area contributed by atoms with Crippen molar-refractivity contribution < 1.29 is 27.9 Å².